The number of ether oxygens (including phenoxy) is 2. The third-order valence-electron chi connectivity index (χ3n) is 6.05. The molecule has 3 fully saturated rings. The minimum Gasteiger partial charge on any atom is -0.463 e. The third kappa shape index (κ3) is 5.26. The van der Waals surface area contributed by atoms with Crippen LogP contribution in [0.3, 0.4) is 0 Å². The second-order valence-corrected chi connectivity index (χ2v) is 8.06. The van der Waals surface area contributed by atoms with E-state index in [1.165, 1.54) is 6.92 Å². The molecule has 0 radical (unpaired) electrons. The average Bonchev–Trinajstić information content (AvgIpc) is 3.31. The van der Waals surface area contributed by atoms with Crippen molar-refractivity contribution in [3.8, 4) is 0 Å². The van der Waals surface area contributed by atoms with Gasteiger partial charge in [-0.25, -0.2) is 0 Å². The average molecular weight is 409 g/mol. The highest BCUT2D eigenvalue weighted by atomic mass is 16.5. The molecule has 3 saturated heterocycles. The van der Waals surface area contributed by atoms with Crippen molar-refractivity contribution in [1.82, 2.24) is 14.7 Å². The van der Waals surface area contributed by atoms with Gasteiger partial charge in [-0.1, -0.05) is 0 Å². The molecule has 1 unspecified atom stereocenters. The standard InChI is InChI=1S/C20H31N3O6/c1-16(24)29-15-20(14-19(27)22-10-12-28-13-11-22)6-3-8-23(20)18(26)5-9-21-7-2-4-17(21)25/h2-15H2,1H3. The quantitative estimate of drug-likeness (QED) is 0.556. The molecule has 0 saturated carbocycles. The summed E-state index contributed by atoms with van der Waals surface area (Å²) in [5, 5.41) is 0. The molecule has 162 valence electrons. The Balaban J connectivity index is 1.68. The molecule has 3 rings (SSSR count). The van der Waals surface area contributed by atoms with Gasteiger partial charge in [0.1, 0.15) is 6.61 Å². The number of rotatable bonds is 7. The van der Waals surface area contributed by atoms with Gasteiger partial charge in [-0.15, -0.1) is 0 Å². The van der Waals surface area contributed by atoms with Crippen LogP contribution in [0.1, 0.15) is 45.4 Å². The van der Waals surface area contributed by atoms with Gasteiger partial charge in [-0.2, -0.15) is 0 Å². The number of likely N-dealkylation sites (tertiary alicyclic amines) is 2. The van der Waals surface area contributed by atoms with E-state index in [9.17, 15) is 19.2 Å². The molecule has 29 heavy (non-hydrogen) atoms. The maximum absolute atomic E-state index is 13.0. The minimum absolute atomic E-state index is 0.0206. The van der Waals surface area contributed by atoms with Gasteiger partial charge in [-0.3, -0.25) is 19.2 Å². The maximum Gasteiger partial charge on any atom is 0.302 e. The van der Waals surface area contributed by atoms with Gasteiger partial charge in [0.05, 0.1) is 25.2 Å². The van der Waals surface area contributed by atoms with Crippen molar-refractivity contribution < 1.29 is 28.7 Å². The molecule has 0 N–H and O–H groups in total. The van der Waals surface area contributed by atoms with E-state index >= 15 is 0 Å². The number of carbonyl (C=O) groups excluding carboxylic acids is 4. The summed E-state index contributed by atoms with van der Waals surface area (Å²) in [5.74, 6) is -0.475. The van der Waals surface area contributed by atoms with Crippen LogP contribution in [0.4, 0.5) is 0 Å². The van der Waals surface area contributed by atoms with Crippen LogP contribution >= 0.6 is 0 Å². The van der Waals surface area contributed by atoms with Crippen LogP contribution in [0.15, 0.2) is 0 Å². The molecule has 1 atom stereocenters. The molecular weight excluding hydrogens is 378 g/mol. The highest BCUT2D eigenvalue weighted by Crippen LogP contribution is 2.34. The van der Waals surface area contributed by atoms with Crippen LogP contribution in [0.2, 0.25) is 0 Å². The fourth-order valence-electron chi connectivity index (χ4n) is 4.46. The van der Waals surface area contributed by atoms with Crippen LogP contribution in [0.5, 0.6) is 0 Å². The Bertz CT molecular complexity index is 648. The predicted octanol–water partition coefficient (Wildman–Crippen LogP) is 0.172. The molecule has 3 aliphatic rings. The Morgan fingerprint density at radius 3 is 2.48 bits per heavy atom. The lowest BCUT2D eigenvalue weighted by Gasteiger charge is -2.39. The summed E-state index contributed by atoms with van der Waals surface area (Å²) in [6.07, 6.45) is 3.11. The summed E-state index contributed by atoms with van der Waals surface area (Å²) >= 11 is 0. The first-order chi connectivity index (χ1) is 13.9. The minimum atomic E-state index is -0.812. The summed E-state index contributed by atoms with van der Waals surface area (Å²) in [4.78, 5) is 54.4. The number of hydrogen-bond donors (Lipinski definition) is 0. The molecule has 0 aromatic rings. The number of morpholine rings is 1. The predicted molar refractivity (Wildman–Crippen MR) is 103 cm³/mol. The van der Waals surface area contributed by atoms with Crippen molar-refractivity contribution in [2.24, 2.45) is 0 Å². The Kier molecular flexibility index (Phi) is 7.10. The Morgan fingerprint density at radius 2 is 1.83 bits per heavy atom. The van der Waals surface area contributed by atoms with E-state index < -0.39 is 11.5 Å². The number of amides is 3. The fraction of sp³-hybridized carbons (Fsp3) is 0.800. The van der Waals surface area contributed by atoms with Crippen LogP contribution in [-0.2, 0) is 28.7 Å². The molecule has 3 amide bonds. The van der Waals surface area contributed by atoms with E-state index in [-0.39, 0.29) is 37.2 Å². The summed E-state index contributed by atoms with van der Waals surface area (Å²) in [6, 6.07) is 0. The monoisotopic (exact) mass is 409 g/mol. The molecule has 9 heteroatoms. The molecule has 9 nitrogen and oxygen atoms in total. The van der Waals surface area contributed by atoms with Crippen molar-refractivity contribution in [3.05, 3.63) is 0 Å². The third-order valence-corrected chi connectivity index (χ3v) is 6.05. The van der Waals surface area contributed by atoms with Gasteiger partial charge in [0.2, 0.25) is 17.7 Å². The van der Waals surface area contributed by atoms with Gasteiger partial charge in [0, 0.05) is 52.5 Å². The number of nitrogens with zero attached hydrogens (tertiary/aromatic N) is 3. The van der Waals surface area contributed by atoms with Gasteiger partial charge in [-0.05, 0) is 19.3 Å². The van der Waals surface area contributed by atoms with Crippen LogP contribution in [0, 0.1) is 0 Å². The molecule has 0 spiro atoms. The smallest absolute Gasteiger partial charge is 0.302 e. The van der Waals surface area contributed by atoms with Crippen molar-refractivity contribution >= 4 is 23.7 Å². The molecule has 0 aliphatic carbocycles. The SMILES string of the molecule is CC(=O)OCC1(CC(=O)N2CCOCC2)CCCN1C(=O)CCN1CCCC1=O. The van der Waals surface area contributed by atoms with E-state index in [1.807, 2.05) is 0 Å². The van der Waals surface area contributed by atoms with Crippen LogP contribution in [-0.4, -0.2) is 96.5 Å². The number of esters is 1. The molecule has 3 aliphatic heterocycles. The van der Waals surface area contributed by atoms with Gasteiger partial charge in [0.15, 0.2) is 0 Å². The highest BCUT2D eigenvalue weighted by molar-refractivity contribution is 5.83. The first-order valence-corrected chi connectivity index (χ1v) is 10.5. The molecule has 0 aromatic carbocycles. The topological polar surface area (TPSA) is 96.5 Å². The zero-order chi connectivity index (χ0) is 20.9. The normalized spacial score (nSPS) is 24.9. The lowest BCUT2D eigenvalue weighted by atomic mass is 9.91. The molecule has 0 bridgehead atoms. The molecule has 0 aromatic heterocycles. The van der Waals surface area contributed by atoms with Crippen molar-refractivity contribution in [3.63, 3.8) is 0 Å². The zero-order valence-corrected chi connectivity index (χ0v) is 17.2. The molecule has 3 heterocycles. The maximum atomic E-state index is 13.0. The summed E-state index contributed by atoms with van der Waals surface area (Å²) in [5.41, 5.74) is -0.812. The van der Waals surface area contributed by atoms with E-state index in [2.05, 4.69) is 0 Å². The van der Waals surface area contributed by atoms with Gasteiger partial charge in [0.25, 0.3) is 0 Å². The fourth-order valence-corrected chi connectivity index (χ4v) is 4.46. The first kappa shape index (κ1) is 21.5. The van der Waals surface area contributed by atoms with E-state index in [0.717, 1.165) is 12.8 Å². The van der Waals surface area contributed by atoms with Gasteiger partial charge < -0.3 is 24.2 Å². The Hall–Kier alpha value is -2.16. The largest absolute Gasteiger partial charge is 0.463 e. The van der Waals surface area contributed by atoms with Crippen molar-refractivity contribution in [1.29, 1.82) is 0 Å². The second-order valence-electron chi connectivity index (χ2n) is 8.06. The van der Waals surface area contributed by atoms with Crippen LogP contribution < -0.4 is 0 Å². The Morgan fingerprint density at radius 1 is 1.07 bits per heavy atom. The van der Waals surface area contributed by atoms with Crippen LogP contribution in [0.25, 0.3) is 0 Å². The summed E-state index contributed by atoms with van der Waals surface area (Å²) < 4.78 is 10.6. The number of hydrogen-bond acceptors (Lipinski definition) is 6. The Labute approximate surface area is 171 Å². The summed E-state index contributed by atoms with van der Waals surface area (Å²) in [6.45, 7) is 5.07. The van der Waals surface area contributed by atoms with E-state index in [4.69, 9.17) is 9.47 Å². The van der Waals surface area contributed by atoms with E-state index in [0.29, 0.717) is 58.8 Å². The lowest BCUT2D eigenvalue weighted by molar-refractivity contribution is -0.154. The van der Waals surface area contributed by atoms with E-state index in [1.54, 1.807) is 14.7 Å². The van der Waals surface area contributed by atoms with Crippen molar-refractivity contribution in [2.45, 2.75) is 51.0 Å². The van der Waals surface area contributed by atoms with Gasteiger partial charge >= 0.3 is 5.97 Å². The summed E-state index contributed by atoms with van der Waals surface area (Å²) in [7, 11) is 0. The number of carbonyl (C=O) groups is 4. The van der Waals surface area contributed by atoms with Crippen molar-refractivity contribution in [2.75, 3.05) is 52.5 Å². The lowest BCUT2D eigenvalue weighted by Crippen LogP contribution is -2.55. The first-order valence-electron chi connectivity index (χ1n) is 10.5. The zero-order valence-electron chi connectivity index (χ0n) is 17.2. The highest BCUT2D eigenvalue weighted by Gasteiger charge is 2.46. The molecular formula is C20H31N3O6. The second kappa shape index (κ2) is 9.56.